The zero-order chi connectivity index (χ0) is 22.9. The zero-order valence-electron chi connectivity index (χ0n) is 19.0. The lowest BCUT2D eigenvalue weighted by Gasteiger charge is -2.19. The Kier molecular flexibility index (Phi) is 6.92. The molecule has 9 nitrogen and oxygen atoms in total. The fourth-order valence-corrected chi connectivity index (χ4v) is 4.99. The summed E-state index contributed by atoms with van der Waals surface area (Å²) in [5.74, 6) is 0.372. The van der Waals surface area contributed by atoms with Crippen molar-refractivity contribution in [2.75, 3.05) is 13.7 Å². The number of ether oxygens (including phenoxy) is 2. The van der Waals surface area contributed by atoms with Crippen LogP contribution >= 0.6 is 11.3 Å². The predicted octanol–water partition coefficient (Wildman–Crippen LogP) is 2.68. The van der Waals surface area contributed by atoms with Crippen LogP contribution in [0.3, 0.4) is 0 Å². The molecule has 0 saturated heterocycles. The largest absolute Gasteiger partial charge is 0.443 e. The second-order valence-electron chi connectivity index (χ2n) is 8.88. The van der Waals surface area contributed by atoms with Crippen molar-refractivity contribution >= 4 is 27.6 Å². The summed E-state index contributed by atoms with van der Waals surface area (Å²) in [5, 5.41) is 0.566. The quantitative estimate of drug-likeness (QED) is 0.597. The average molecular weight is 453 g/mol. The fraction of sp³-hybridized carbons (Fsp3) is 0.667. The Bertz CT molecular complexity index is 1080. The van der Waals surface area contributed by atoms with Gasteiger partial charge in [-0.05, 0) is 45.6 Å². The Morgan fingerprint density at radius 1 is 1.29 bits per heavy atom. The highest BCUT2D eigenvalue weighted by molar-refractivity contribution is 7.18. The highest BCUT2D eigenvalue weighted by atomic mass is 32.1. The molecule has 1 fully saturated rings. The number of carbonyl (C=O) groups excluding carboxylic acids is 1. The van der Waals surface area contributed by atoms with Crippen molar-refractivity contribution in [3.63, 3.8) is 0 Å². The molecule has 0 bridgehead atoms. The third kappa shape index (κ3) is 5.02. The van der Waals surface area contributed by atoms with Crippen molar-refractivity contribution < 1.29 is 14.3 Å². The number of thiophene rings is 1. The van der Waals surface area contributed by atoms with E-state index in [0.717, 1.165) is 23.3 Å². The van der Waals surface area contributed by atoms with Crippen LogP contribution in [0.1, 0.15) is 57.0 Å². The van der Waals surface area contributed by atoms with Crippen LogP contribution in [0.2, 0.25) is 0 Å². The molecule has 10 heteroatoms. The van der Waals surface area contributed by atoms with Gasteiger partial charge in [-0.15, -0.1) is 11.3 Å². The summed E-state index contributed by atoms with van der Waals surface area (Å²) < 4.78 is 13.5. The van der Waals surface area contributed by atoms with E-state index >= 15 is 0 Å². The predicted molar refractivity (Wildman–Crippen MR) is 121 cm³/mol. The normalized spacial score (nSPS) is 18.4. The molecule has 2 N–H and O–H groups in total. The van der Waals surface area contributed by atoms with E-state index in [1.807, 2.05) is 6.92 Å². The van der Waals surface area contributed by atoms with E-state index in [1.54, 1.807) is 32.4 Å². The standard InChI is InChI=1S/C21H32N4O5S/c1-7-13-10-14(13)25-17(26)16-12(2)15(11-22-23-19(27)30-21(3,4)5)31-18(16)24(20(25)28)8-9-29-6/h13-14,22H,7-11H2,1-6H3,(H,23,27). The van der Waals surface area contributed by atoms with Crippen molar-refractivity contribution in [2.24, 2.45) is 5.92 Å². The highest BCUT2D eigenvalue weighted by Crippen LogP contribution is 2.44. The zero-order valence-corrected chi connectivity index (χ0v) is 19.9. The minimum absolute atomic E-state index is 0.0297. The molecule has 0 aromatic carbocycles. The lowest BCUT2D eigenvalue weighted by molar-refractivity contribution is 0.0497. The molecule has 2 heterocycles. The maximum absolute atomic E-state index is 13.3. The summed E-state index contributed by atoms with van der Waals surface area (Å²) in [6.45, 7) is 10.4. The molecule has 31 heavy (non-hydrogen) atoms. The van der Waals surface area contributed by atoms with E-state index in [0.29, 0.717) is 35.8 Å². The number of hydrogen-bond acceptors (Lipinski definition) is 7. The summed E-state index contributed by atoms with van der Waals surface area (Å²) in [5.41, 5.74) is 5.08. The number of aryl methyl sites for hydroxylation is 1. The molecule has 1 saturated carbocycles. The Balaban J connectivity index is 1.94. The maximum atomic E-state index is 13.3. The van der Waals surface area contributed by atoms with Gasteiger partial charge in [0.15, 0.2) is 0 Å². The lowest BCUT2D eigenvalue weighted by Crippen LogP contribution is -2.40. The Labute approximate surface area is 185 Å². The number of carbonyl (C=O) groups is 1. The maximum Gasteiger partial charge on any atom is 0.422 e. The van der Waals surface area contributed by atoms with Gasteiger partial charge in [0.1, 0.15) is 10.4 Å². The van der Waals surface area contributed by atoms with Gasteiger partial charge in [0.2, 0.25) is 0 Å². The third-order valence-electron chi connectivity index (χ3n) is 5.44. The molecule has 0 spiro atoms. The Morgan fingerprint density at radius 2 is 2.00 bits per heavy atom. The Hall–Kier alpha value is -2.17. The van der Waals surface area contributed by atoms with Crippen LogP contribution in [0, 0.1) is 12.8 Å². The second-order valence-corrected chi connectivity index (χ2v) is 9.97. The van der Waals surface area contributed by atoms with E-state index in [2.05, 4.69) is 17.8 Å². The monoisotopic (exact) mass is 452 g/mol. The first-order valence-electron chi connectivity index (χ1n) is 10.6. The van der Waals surface area contributed by atoms with Crippen LogP contribution in [0.25, 0.3) is 10.2 Å². The fourth-order valence-electron chi connectivity index (χ4n) is 3.74. The third-order valence-corrected chi connectivity index (χ3v) is 6.76. The molecule has 1 aliphatic rings. The number of aromatic nitrogens is 2. The molecule has 2 unspecified atom stereocenters. The molecule has 2 aromatic rings. The molecule has 1 aliphatic carbocycles. The van der Waals surface area contributed by atoms with E-state index in [1.165, 1.54) is 15.9 Å². The van der Waals surface area contributed by atoms with E-state index in [4.69, 9.17) is 9.47 Å². The summed E-state index contributed by atoms with van der Waals surface area (Å²) in [6, 6.07) is -0.0297. The number of rotatable bonds is 8. The van der Waals surface area contributed by atoms with Crippen molar-refractivity contribution in [3.8, 4) is 0 Å². The molecular formula is C21H32N4O5S. The van der Waals surface area contributed by atoms with E-state index in [9.17, 15) is 14.4 Å². The minimum Gasteiger partial charge on any atom is -0.443 e. The molecule has 172 valence electrons. The summed E-state index contributed by atoms with van der Waals surface area (Å²) in [7, 11) is 1.59. The minimum atomic E-state index is -0.596. The second kappa shape index (κ2) is 9.13. The van der Waals surface area contributed by atoms with Crippen molar-refractivity contribution in [1.82, 2.24) is 20.0 Å². The smallest absolute Gasteiger partial charge is 0.422 e. The van der Waals surface area contributed by atoms with Crippen molar-refractivity contribution in [3.05, 3.63) is 31.3 Å². The van der Waals surface area contributed by atoms with Crippen LogP contribution in [0.15, 0.2) is 9.59 Å². The van der Waals surface area contributed by atoms with Crippen LogP contribution in [-0.4, -0.2) is 34.5 Å². The molecule has 2 atom stereocenters. The van der Waals surface area contributed by atoms with Gasteiger partial charge in [0, 0.05) is 24.6 Å². The number of hydrogen-bond donors (Lipinski definition) is 2. The number of methoxy groups -OCH3 is 1. The molecular weight excluding hydrogens is 420 g/mol. The van der Waals surface area contributed by atoms with Crippen LogP contribution < -0.4 is 22.1 Å². The van der Waals surface area contributed by atoms with Gasteiger partial charge in [-0.2, -0.15) is 0 Å². The first-order chi connectivity index (χ1) is 14.6. The SMILES string of the molecule is CCC1CC1n1c(=O)c2c(C)c(CNNC(=O)OC(C)(C)C)sc2n(CCOC)c1=O. The van der Waals surface area contributed by atoms with Crippen LogP contribution in [-0.2, 0) is 22.6 Å². The van der Waals surface area contributed by atoms with Gasteiger partial charge < -0.3 is 9.47 Å². The first-order valence-corrected chi connectivity index (χ1v) is 11.4. The summed E-state index contributed by atoms with van der Waals surface area (Å²) in [4.78, 5) is 39.9. The topological polar surface area (TPSA) is 104 Å². The highest BCUT2D eigenvalue weighted by Gasteiger charge is 2.40. The van der Waals surface area contributed by atoms with Gasteiger partial charge in [0.25, 0.3) is 5.56 Å². The van der Waals surface area contributed by atoms with E-state index in [-0.39, 0.29) is 17.3 Å². The Morgan fingerprint density at radius 3 is 2.58 bits per heavy atom. The van der Waals surface area contributed by atoms with Gasteiger partial charge in [-0.3, -0.25) is 19.4 Å². The molecule has 0 aliphatic heterocycles. The van der Waals surface area contributed by atoms with Gasteiger partial charge in [0.05, 0.1) is 18.5 Å². The number of amides is 1. The number of fused-ring (bicyclic) bond motifs is 1. The molecule has 1 amide bonds. The van der Waals surface area contributed by atoms with Crippen LogP contribution in [0.5, 0.6) is 0 Å². The number of nitrogens with zero attached hydrogens (tertiary/aromatic N) is 2. The van der Waals surface area contributed by atoms with Gasteiger partial charge in [-0.25, -0.2) is 15.0 Å². The van der Waals surface area contributed by atoms with Gasteiger partial charge >= 0.3 is 11.8 Å². The first kappa shape index (κ1) is 23.5. The van der Waals surface area contributed by atoms with Gasteiger partial charge in [-0.1, -0.05) is 13.3 Å². The summed E-state index contributed by atoms with van der Waals surface area (Å²) >= 11 is 1.38. The number of hydrazine groups is 1. The lowest BCUT2D eigenvalue weighted by atomic mass is 10.2. The van der Waals surface area contributed by atoms with Crippen LogP contribution in [0.4, 0.5) is 4.79 Å². The molecule has 3 rings (SSSR count). The molecule has 2 aromatic heterocycles. The average Bonchev–Trinajstić information content (AvgIpc) is 3.37. The number of nitrogens with one attached hydrogen (secondary N) is 2. The van der Waals surface area contributed by atoms with Crippen molar-refractivity contribution in [1.29, 1.82) is 0 Å². The molecule has 0 radical (unpaired) electrons. The van der Waals surface area contributed by atoms with E-state index < -0.39 is 11.7 Å². The summed E-state index contributed by atoms with van der Waals surface area (Å²) in [6.07, 6.45) is 1.23. The van der Waals surface area contributed by atoms with Crippen molar-refractivity contribution in [2.45, 2.75) is 72.2 Å².